The van der Waals surface area contributed by atoms with Gasteiger partial charge in [0.15, 0.2) is 0 Å². The minimum atomic E-state index is -0.991. The third-order valence-corrected chi connectivity index (χ3v) is 2.97. The number of carbonyl (C=O) groups excluding carboxylic acids is 2. The van der Waals surface area contributed by atoms with Crippen LogP contribution in [-0.4, -0.2) is 31.0 Å². The maximum atomic E-state index is 13.2. The summed E-state index contributed by atoms with van der Waals surface area (Å²) in [5, 5.41) is 2.61. The zero-order valence-corrected chi connectivity index (χ0v) is 11.0. The van der Waals surface area contributed by atoms with E-state index in [2.05, 4.69) is 5.32 Å². The Balaban J connectivity index is 2.45. The Hall–Kier alpha value is -2.11. The molecule has 0 spiro atoms. The summed E-state index contributed by atoms with van der Waals surface area (Å²) in [5.74, 6) is -0.777. The number of piperazine rings is 1. The Bertz CT molecular complexity index is 543. The average molecular weight is 266 g/mol. The van der Waals surface area contributed by atoms with Crippen LogP contribution in [0.4, 0.5) is 10.1 Å². The van der Waals surface area contributed by atoms with Crippen LogP contribution < -0.4 is 15.0 Å². The molecule has 2 amide bonds. The highest BCUT2D eigenvalue weighted by molar-refractivity contribution is 6.09. The number of amides is 2. The summed E-state index contributed by atoms with van der Waals surface area (Å²) in [6.45, 7) is 3.13. The second kappa shape index (κ2) is 4.53. The fourth-order valence-electron chi connectivity index (χ4n) is 2.06. The molecule has 0 unspecified atom stereocenters. The Morgan fingerprint density at radius 3 is 2.68 bits per heavy atom. The van der Waals surface area contributed by atoms with Gasteiger partial charge in [-0.2, -0.15) is 0 Å². The lowest BCUT2D eigenvalue weighted by molar-refractivity contribution is -0.134. The summed E-state index contributed by atoms with van der Waals surface area (Å²) in [6.07, 6.45) is 0. The van der Waals surface area contributed by atoms with E-state index in [1.807, 2.05) is 0 Å². The molecule has 1 aromatic carbocycles. The van der Waals surface area contributed by atoms with Crippen molar-refractivity contribution in [3.05, 3.63) is 24.0 Å². The minimum Gasteiger partial charge on any atom is -0.494 e. The first kappa shape index (κ1) is 13.3. The van der Waals surface area contributed by atoms with Crippen molar-refractivity contribution in [1.82, 2.24) is 5.32 Å². The first-order chi connectivity index (χ1) is 8.85. The Kier molecular flexibility index (Phi) is 3.18. The van der Waals surface area contributed by atoms with Crippen LogP contribution in [0.1, 0.15) is 13.8 Å². The summed E-state index contributed by atoms with van der Waals surface area (Å²) >= 11 is 0. The number of rotatable bonds is 2. The molecule has 5 nitrogen and oxygen atoms in total. The number of hydrogen-bond donors (Lipinski definition) is 1. The molecule has 0 aromatic heterocycles. The van der Waals surface area contributed by atoms with Crippen molar-refractivity contribution in [3.63, 3.8) is 0 Å². The molecule has 0 atom stereocenters. The molecular weight excluding hydrogens is 251 g/mol. The SMILES string of the molecule is COc1cc(F)ccc1N1CC(=O)NC(C)(C)C1=O. The van der Waals surface area contributed by atoms with Crippen molar-refractivity contribution < 1.29 is 18.7 Å². The molecule has 102 valence electrons. The number of methoxy groups -OCH3 is 1. The van der Waals surface area contributed by atoms with E-state index >= 15 is 0 Å². The molecule has 1 fully saturated rings. The van der Waals surface area contributed by atoms with Crippen LogP contribution in [0.5, 0.6) is 5.75 Å². The number of nitrogens with zero attached hydrogens (tertiary/aromatic N) is 1. The fourth-order valence-corrected chi connectivity index (χ4v) is 2.06. The molecule has 1 aliphatic rings. The van der Waals surface area contributed by atoms with Crippen molar-refractivity contribution >= 4 is 17.5 Å². The van der Waals surface area contributed by atoms with Gasteiger partial charge < -0.3 is 10.1 Å². The second-order valence-corrected chi connectivity index (χ2v) is 4.88. The smallest absolute Gasteiger partial charge is 0.252 e. The van der Waals surface area contributed by atoms with E-state index in [1.54, 1.807) is 13.8 Å². The van der Waals surface area contributed by atoms with E-state index in [4.69, 9.17) is 4.74 Å². The van der Waals surface area contributed by atoms with Gasteiger partial charge in [0, 0.05) is 6.07 Å². The van der Waals surface area contributed by atoms with Gasteiger partial charge in [0.1, 0.15) is 23.7 Å². The van der Waals surface area contributed by atoms with Crippen LogP contribution in [0.2, 0.25) is 0 Å². The van der Waals surface area contributed by atoms with Crippen molar-refractivity contribution in [2.75, 3.05) is 18.6 Å². The molecule has 2 rings (SSSR count). The summed E-state index contributed by atoms with van der Waals surface area (Å²) in [4.78, 5) is 25.3. The standard InChI is InChI=1S/C13H15FN2O3/c1-13(2)12(18)16(7-11(17)15-13)9-5-4-8(14)6-10(9)19-3/h4-6H,7H2,1-3H3,(H,15,17). The van der Waals surface area contributed by atoms with Gasteiger partial charge in [-0.25, -0.2) is 4.39 Å². The minimum absolute atomic E-state index is 0.107. The predicted octanol–water partition coefficient (Wildman–Crippen LogP) is 1.08. The molecule has 0 aliphatic carbocycles. The highest BCUT2D eigenvalue weighted by Crippen LogP contribution is 2.31. The number of hydrogen-bond acceptors (Lipinski definition) is 3. The average Bonchev–Trinajstić information content (AvgIpc) is 2.33. The molecule has 19 heavy (non-hydrogen) atoms. The maximum Gasteiger partial charge on any atom is 0.252 e. The summed E-state index contributed by atoms with van der Waals surface area (Å²) < 4.78 is 18.2. The number of benzene rings is 1. The largest absolute Gasteiger partial charge is 0.494 e. The van der Waals surface area contributed by atoms with E-state index in [-0.39, 0.29) is 24.1 Å². The van der Waals surface area contributed by atoms with Crippen LogP contribution in [0.25, 0.3) is 0 Å². The second-order valence-electron chi connectivity index (χ2n) is 4.88. The monoisotopic (exact) mass is 266 g/mol. The van der Waals surface area contributed by atoms with Gasteiger partial charge in [0.25, 0.3) is 5.91 Å². The third-order valence-electron chi connectivity index (χ3n) is 2.97. The molecule has 0 radical (unpaired) electrons. The lowest BCUT2D eigenvalue weighted by atomic mass is 10.00. The molecular formula is C13H15FN2O3. The van der Waals surface area contributed by atoms with E-state index in [0.717, 1.165) is 0 Å². The zero-order chi connectivity index (χ0) is 14.2. The van der Waals surface area contributed by atoms with Crippen molar-refractivity contribution in [2.24, 2.45) is 0 Å². The highest BCUT2D eigenvalue weighted by Gasteiger charge is 2.40. The van der Waals surface area contributed by atoms with Gasteiger partial charge in [-0.05, 0) is 26.0 Å². The lowest BCUT2D eigenvalue weighted by Gasteiger charge is -2.37. The first-order valence-corrected chi connectivity index (χ1v) is 5.81. The molecule has 1 saturated heterocycles. The van der Waals surface area contributed by atoms with Gasteiger partial charge in [0.2, 0.25) is 5.91 Å². The molecule has 1 heterocycles. The van der Waals surface area contributed by atoms with Crippen LogP contribution in [0, 0.1) is 5.82 Å². The lowest BCUT2D eigenvalue weighted by Crippen LogP contribution is -2.64. The maximum absolute atomic E-state index is 13.2. The van der Waals surface area contributed by atoms with Gasteiger partial charge >= 0.3 is 0 Å². The predicted molar refractivity (Wildman–Crippen MR) is 67.5 cm³/mol. The van der Waals surface area contributed by atoms with Crippen LogP contribution in [-0.2, 0) is 9.59 Å². The van der Waals surface area contributed by atoms with Crippen LogP contribution >= 0.6 is 0 Å². The van der Waals surface area contributed by atoms with Crippen LogP contribution in [0.3, 0.4) is 0 Å². The van der Waals surface area contributed by atoms with E-state index < -0.39 is 11.4 Å². The van der Waals surface area contributed by atoms with Crippen molar-refractivity contribution in [2.45, 2.75) is 19.4 Å². The summed E-state index contributed by atoms with van der Waals surface area (Å²) in [6, 6.07) is 3.84. The normalized spacial score (nSPS) is 18.2. The Morgan fingerprint density at radius 2 is 2.05 bits per heavy atom. The van der Waals surface area contributed by atoms with Gasteiger partial charge in [-0.3, -0.25) is 14.5 Å². The number of anilines is 1. The number of carbonyl (C=O) groups is 2. The number of nitrogens with one attached hydrogen (secondary N) is 1. The molecule has 1 N–H and O–H groups in total. The fraction of sp³-hybridized carbons (Fsp3) is 0.385. The quantitative estimate of drug-likeness (QED) is 0.871. The number of ether oxygens (including phenoxy) is 1. The van der Waals surface area contributed by atoms with E-state index in [0.29, 0.717) is 5.69 Å². The van der Waals surface area contributed by atoms with Crippen molar-refractivity contribution in [1.29, 1.82) is 0 Å². The van der Waals surface area contributed by atoms with Crippen LogP contribution in [0.15, 0.2) is 18.2 Å². The molecule has 0 bridgehead atoms. The van der Waals surface area contributed by atoms with Gasteiger partial charge in [0.05, 0.1) is 12.8 Å². The molecule has 1 aliphatic heterocycles. The Labute approximate surface area is 110 Å². The summed E-state index contributed by atoms with van der Waals surface area (Å²) in [5.41, 5.74) is -0.605. The van der Waals surface area contributed by atoms with E-state index in [1.165, 1.54) is 30.2 Å². The summed E-state index contributed by atoms with van der Waals surface area (Å²) in [7, 11) is 1.39. The molecule has 6 heteroatoms. The van der Waals surface area contributed by atoms with Gasteiger partial charge in [-0.1, -0.05) is 0 Å². The molecule has 0 saturated carbocycles. The van der Waals surface area contributed by atoms with Gasteiger partial charge in [-0.15, -0.1) is 0 Å². The highest BCUT2D eigenvalue weighted by atomic mass is 19.1. The third kappa shape index (κ3) is 2.38. The Morgan fingerprint density at radius 1 is 1.37 bits per heavy atom. The topological polar surface area (TPSA) is 58.6 Å². The number of halogens is 1. The molecule has 1 aromatic rings. The van der Waals surface area contributed by atoms with E-state index in [9.17, 15) is 14.0 Å². The van der Waals surface area contributed by atoms with Crippen molar-refractivity contribution in [3.8, 4) is 5.75 Å². The first-order valence-electron chi connectivity index (χ1n) is 5.81. The zero-order valence-electron chi connectivity index (χ0n) is 11.0.